The predicted octanol–water partition coefficient (Wildman–Crippen LogP) is 2.17. The van der Waals surface area contributed by atoms with E-state index in [1.807, 2.05) is 64.5 Å². The Hall–Kier alpha value is -4.05. The van der Waals surface area contributed by atoms with Crippen LogP contribution in [0.15, 0.2) is 59.7 Å². The van der Waals surface area contributed by atoms with Crippen molar-refractivity contribution in [1.29, 1.82) is 0 Å². The first-order chi connectivity index (χ1) is 17.0. The molecule has 3 heterocycles. The highest BCUT2D eigenvalue weighted by Crippen LogP contribution is 2.44. The van der Waals surface area contributed by atoms with Crippen molar-refractivity contribution in [2.24, 2.45) is 4.99 Å². The number of carbonyl (C=O) groups is 2. The third-order valence-electron chi connectivity index (χ3n) is 6.45. The van der Waals surface area contributed by atoms with Crippen molar-refractivity contribution >= 4 is 29.3 Å². The highest BCUT2D eigenvalue weighted by atomic mass is 16.5. The highest BCUT2D eigenvalue weighted by molar-refractivity contribution is 6.16. The van der Waals surface area contributed by atoms with Crippen molar-refractivity contribution in [3.8, 4) is 11.5 Å². The number of urea groups is 1. The molecule has 0 bridgehead atoms. The lowest BCUT2D eigenvalue weighted by atomic mass is 10.1. The molecule has 0 aliphatic carbocycles. The number of likely N-dealkylation sites (N-methyl/N-ethyl adjacent to an activating group) is 1. The van der Waals surface area contributed by atoms with Crippen LogP contribution in [0.25, 0.3) is 5.70 Å². The first-order valence-electron chi connectivity index (χ1n) is 11.3. The summed E-state index contributed by atoms with van der Waals surface area (Å²) >= 11 is 0. The summed E-state index contributed by atoms with van der Waals surface area (Å²) in [5.41, 5.74) is 2.43. The number of aliphatic imine (C=N–C) groups is 1. The van der Waals surface area contributed by atoms with Crippen molar-refractivity contribution in [2.45, 2.75) is 18.6 Å². The van der Waals surface area contributed by atoms with E-state index in [1.165, 1.54) is 9.80 Å². The van der Waals surface area contributed by atoms with Crippen LogP contribution in [0.5, 0.6) is 11.5 Å². The molecule has 10 nitrogen and oxygen atoms in total. The van der Waals surface area contributed by atoms with Gasteiger partial charge in [0.1, 0.15) is 11.5 Å². The number of amides is 3. The fraction of sp³-hybridized carbons (Fsp3) is 0.320. The molecule has 3 aliphatic heterocycles. The first-order valence-corrected chi connectivity index (χ1v) is 11.3. The van der Waals surface area contributed by atoms with Gasteiger partial charge in [-0.25, -0.2) is 9.79 Å². The van der Waals surface area contributed by atoms with Gasteiger partial charge in [-0.3, -0.25) is 19.5 Å². The summed E-state index contributed by atoms with van der Waals surface area (Å²) in [6.07, 6.45) is 1.53. The summed E-state index contributed by atoms with van der Waals surface area (Å²) in [6, 6.07) is 14.1. The molecule has 0 aromatic heterocycles. The largest absolute Gasteiger partial charge is 0.497 e. The normalized spacial score (nSPS) is 21.1. The fourth-order valence-corrected chi connectivity index (χ4v) is 4.69. The molecule has 1 N–H and O–H groups in total. The molecule has 1 saturated heterocycles. The number of aliphatic hydroxyl groups is 1. The molecule has 5 rings (SSSR count). The lowest BCUT2D eigenvalue weighted by Gasteiger charge is -2.40. The van der Waals surface area contributed by atoms with Gasteiger partial charge in [0.05, 0.1) is 25.6 Å². The van der Waals surface area contributed by atoms with Gasteiger partial charge in [-0.05, 0) is 18.6 Å². The minimum Gasteiger partial charge on any atom is -0.497 e. The van der Waals surface area contributed by atoms with Crippen molar-refractivity contribution in [3.63, 3.8) is 0 Å². The minimum atomic E-state index is -0.716. The molecule has 2 atom stereocenters. The molecule has 3 aliphatic rings. The number of hydrogen-bond acceptors (Lipinski definition) is 8. The topological polar surface area (TPSA) is 98.1 Å². The minimum absolute atomic E-state index is 0.109. The quantitative estimate of drug-likeness (QED) is 0.653. The van der Waals surface area contributed by atoms with Gasteiger partial charge in [-0.15, -0.1) is 0 Å². The summed E-state index contributed by atoms with van der Waals surface area (Å²) in [7, 11) is 4.83. The van der Waals surface area contributed by atoms with Crippen LogP contribution >= 0.6 is 0 Å². The van der Waals surface area contributed by atoms with E-state index in [2.05, 4.69) is 0 Å². The molecule has 1 fully saturated rings. The van der Waals surface area contributed by atoms with Crippen LogP contribution in [-0.4, -0.2) is 84.3 Å². The molecule has 2 aromatic rings. The molecule has 182 valence electrons. The molecule has 3 amide bonds. The number of carbonyl (C=O) groups excluding carboxylic acids is 2. The Bertz CT molecular complexity index is 1210. The molecule has 35 heavy (non-hydrogen) atoms. The monoisotopic (exact) mass is 477 g/mol. The number of imide groups is 1. The van der Waals surface area contributed by atoms with Crippen LogP contribution in [-0.2, 0) is 4.79 Å². The smallest absolute Gasteiger partial charge is 0.328 e. The van der Waals surface area contributed by atoms with E-state index in [0.29, 0.717) is 29.6 Å². The maximum absolute atomic E-state index is 13.5. The Balaban J connectivity index is 1.64. The zero-order valence-corrected chi connectivity index (χ0v) is 19.8. The van der Waals surface area contributed by atoms with Gasteiger partial charge in [0.25, 0.3) is 5.91 Å². The van der Waals surface area contributed by atoms with E-state index < -0.39 is 18.2 Å². The Morgan fingerprint density at radius 1 is 1.06 bits per heavy atom. The number of guanidine groups is 1. The number of aliphatic hydroxyl groups excluding tert-OH is 1. The number of ether oxygens (including phenoxy) is 2. The standard InChI is InChI=1S/C25H27N5O5/c1-27-22-21(23(32)28(25(27)33)12-7-13-31)29-15-19(16-8-5-4-6-9-16)30(24(29)26-22)18-14-17(34-2)10-11-20(18)35-3/h4-6,8-11,14-15,21-22,31H,7,12-13H2,1-3H3. The Morgan fingerprint density at radius 3 is 2.51 bits per heavy atom. The summed E-state index contributed by atoms with van der Waals surface area (Å²) in [5, 5.41) is 9.25. The zero-order valence-electron chi connectivity index (χ0n) is 19.8. The van der Waals surface area contributed by atoms with E-state index in [1.54, 1.807) is 21.3 Å². The number of fused-ring (bicyclic) bond motifs is 3. The van der Waals surface area contributed by atoms with Gasteiger partial charge in [0.2, 0.25) is 5.96 Å². The van der Waals surface area contributed by atoms with Crippen molar-refractivity contribution in [2.75, 3.05) is 39.3 Å². The van der Waals surface area contributed by atoms with E-state index >= 15 is 0 Å². The van der Waals surface area contributed by atoms with E-state index in [4.69, 9.17) is 14.5 Å². The lowest BCUT2D eigenvalue weighted by molar-refractivity contribution is -0.136. The second-order valence-corrected chi connectivity index (χ2v) is 8.41. The zero-order chi connectivity index (χ0) is 24.7. The Morgan fingerprint density at radius 2 is 1.83 bits per heavy atom. The molecule has 2 aromatic carbocycles. The van der Waals surface area contributed by atoms with Gasteiger partial charge in [0.15, 0.2) is 12.2 Å². The average Bonchev–Trinajstić information content (AvgIpc) is 3.44. The Labute approximate surface area is 203 Å². The highest BCUT2D eigenvalue weighted by Gasteiger charge is 2.55. The van der Waals surface area contributed by atoms with Crippen LogP contribution in [0.1, 0.15) is 12.0 Å². The van der Waals surface area contributed by atoms with Crippen LogP contribution in [0, 0.1) is 0 Å². The lowest BCUT2D eigenvalue weighted by Crippen LogP contribution is -2.64. The number of hydrogen-bond donors (Lipinski definition) is 1. The first kappa shape index (κ1) is 22.7. The number of rotatable bonds is 7. The van der Waals surface area contributed by atoms with Crippen molar-refractivity contribution in [1.82, 2.24) is 14.7 Å². The number of benzene rings is 2. The second kappa shape index (κ2) is 8.95. The molecular weight excluding hydrogens is 450 g/mol. The van der Waals surface area contributed by atoms with E-state index in [-0.39, 0.29) is 19.1 Å². The van der Waals surface area contributed by atoms with Crippen LogP contribution in [0.2, 0.25) is 0 Å². The summed E-state index contributed by atoms with van der Waals surface area (Å²) in [4.78, 5) is 37.7. The molecule has 2 unspecified atom stereocenters. The third kappa shape index (κ3) is 3.57. The summed E-state index contributed by atoms with van der Waals surface area (Å²) in [6.45, 7) is 0.0371. The molecular formula is C25H27N5O5. The van der Waals surface area contributed by atoms with E-state index in [0.717, 1.165) is 11.3 Å². The molecule has 10 heteroatoms. The van der Waals surface area contributed by atoms with Crippen molar-refractivity contribution in [3.05, 3.63) is 60.3 Å². The Kier molecular flexibility index (Phi) is 5.81. The van der Waals surface area contributed by atoms with Gasteiger partial charge in [-0.1, -0.05) is 30.3 Å². The average molecular weight is 478 g/mol. The second-order valence-electron chi connectivity index (χ2n) is 8.41. The molecule has 0 radical (unpaired) electrons. The van der Waals surface area contributed by atoms with Crippen molar-refractivity contribution < 1.29 is 24.2 Å². The van der Waals surface area contributed by atoms with Gasteiger partial charge >= 0.3 is 6.03 Å². The molecule has 0 spiro atoms. The maximum Gasteiger partial charge on any atom is 0.328 e. The third-order valence-corrected chi connectivity index (χ3v) is 6.45. The number of anilines is 1. The van der Waals surface area contributed by atoms with E-state index in [9.17, 15) is 14.7 Å². The maximum atomic E-state index is 13.5. The van der Waals surface area contributed by atoms with Crippen LogP contribution in [0.4, 0.5) is 10.5 Å². The SMILES string of the molecule is COc1ccc(OC)c(N2C(c3ccccc3)=CN3C2=NC2C3C(=O)N(CCCO)C(=O)N2C)c1. The molecule has 0 saturated carbocycles. The van der Waals surface area contributed by atoms with Gasteiger partial charge < -0.3 is 19.5 Å². The predicted molar refractivity (Wildman–Crippen MR) is 130 cm³/mol. The van der Waals surface area contributed by atoms with Crippen LogP contribution < -0.4 is 14.4 Å². The summed E-state index contributed by atoms with van der Waals surface area (Å²) < 4.78 is 11.1. The van der Waals surface area contributed by atoms with Crippen LogP contribution in [0.3, 0.4) is 0 Å². The summed E-state index contributed by atoms with van der Waals surface area (Å²) in [5.74, 6) is 1.42. The number of nitrogens with zero attached hydrogens (tertiary/aromatic N) is 5. The fourth-order valence-electron chi connectivity index (χ4n) is 4.69. The van der Waals surface area contributed by atoms with Gasteiger partial charge in [-0.2, -0.15) is 0 Å². The number of methoxy groups -OCH3 is 2. The van der Waals surface area contributed by atoms with Gasteiger partial charge in [0, 0.05) is 38.0 Å².